The highest BCUT2D eigenvalue weighted by molar-refractivity contribution is 9.10. The van der Waals surface area contributed by atoms with Gasteiger partial charge in [0.15, 0.2) is 0 Å². The van der Waals surface area contributed by atoms with E-state index in [1.807, 2.05) is 12.4 Å². The van der Waals surface area contributed by atoms with Gasteiger partial charge >= 0.3 is 0 Å². The smallest absolute Gasteiger partial charge is 0.0471 e. The molecule has 1 saturated heterocycles. The van der Waals surface area contributed by atoms with E-state index in [4.69, 9.17) is 4.74 Å². The van der Waals surface area contributed by atoms with Crippen LogP contribution in [0.15, 0.2) is 22.9 Å². The molecule has 0 unspecified atom stereocenters. The van der Waals surface area contributed by atoms with Gasteiger partial charge < -0.3 is 10.1 Å². The Bertz CT molecular complexity index is 391. The van der Waals surface area contributed by atoms with Crippen molar-refractivity contribution in [2.45, 2.75) is 32.6 Å². The molecule has 2 rings (SSSR count). The molecule has 0 radical (unpaired) electrons. The molecule has 1 fully saturated rings. The maximum absolute atomic E-state index is 5.54. The molecular formula is C15H23BrN2O. The summed E-state index contributed by atoms with van der Waals surface area (Å²) >= 11 is 3.51. The number of rotatable bonds is 6. The van der Waals surface area contributed by atoms with Gasteiger partial charge in [-0.3, -0.25) is 4.98 Å². The minimum atomic E-state index is 0.329. The molecule has 3 nitrogen and oxygen atoms in total. The van der Waals surface area contributed by atoms with Crippen LogP contribution < -0.4 is 5.32 Å². The molecule has 0 aliphatic carbocycles. The van der Waals surface area contributed by atoms with E-state index < -0.39 is 0 Å². The summed E-state index contributed by atoms with van der Waals surface area (Å²) in [6.45, 7) is 6.16. The summed E-state index contributed by atoms with van der Waals surface area (Å²) in [5, 5.41) is 3.59. The SMILES string of the molecule is CCCNCC1(Cc2cncc(Br)c2)CCOCC1. The van der Waals surface area contributed by atoms with Crippen molar-refractivity contribution >= 4 is 15.9 Å². The number of pyridine rings is 1. The van der Waals surface area contributed by atoms with Crippen molar-refractivity contribution in [3.05, 3.63) is 28.5 Å². The number of hydrogen-bond acceptors (Lipinski definition) is 3. The second-order valence-electron chi connectivity index (χ2n) is 5.48. The van der Waals surface area contributed by atoms with Crippen molar-refractivity contribution < 1.29 is 4.74 Å². The summed E-state index contributed by atoms with van der Waals surface area (Å²) in [6.07, 6.45) is 8.37. The van der Waals surface area contributed by atoms with Gasteiger partial charge in [0, 0.05) is 36.6 Å². The van der Waals surface area contributed by atoms with Crippen LogP contribution >= 0.6 is 15.9 Å². The minimum Gasteiger partial charge on any atom is -0.381 e. The Morgan fingerprint density at radius 2 is 2.16 bits per heavy atom. The molecular weight excluding hydrogens is 304 g/mol. The van der Waals surface area contributed by atoms with Gasteiger partial charge in [-0.2, -0.15) is 0 Å². The van der Waals surface area contributed by atoms with Gasteiger partial charge in [-0.05, 0) is 65.2 Å². The quantitative estimate of drug-likeness (QED) is 0.815. The molecule has 106 valence electrons. The summed E-state index contributed by atoms with van der Waals surface area (Å²) in [7, 11) is 0. The molecule has 1 aliphatic heterocycles. The maximum Gasteiger partial charge on any atom is 0.0471 e. The normalized spacial score (nSPS) is 18.4. The Morgan fingerprint density at radius 3 is 2.84 bits per heavy atom. The van der Waals surface area contributed by atoms with Crippen molar-refractivity contribution in [3.63, 3.8) is 0 Å². The molecule has 1 aromatic heterocycles. The Labute approximate surface area is 124 Å². The lowest BCUT2D eigenvalue weighted by atomic mass is 9.75. The number of hydrogen-bond donors (Lipinski definition) is 1. The van der Waals surface area contributed by atoms with Crippen LogP contribution in [-0.4, -0.2) is 31.3 Å². The summed E-state index contributed by atoms with van der Waals surface area (Å²) in [5.74, 6) is 0. The zero-order chi connectivity index (χ0) is 13.6. The lowest BCUT2D eigenvalue weighted by Crippen LogP contribution is -2.41. The van der Waals surface area contributed by atoms with Crippen molar-refractivity contribution in [1.82, 2.24) is 10.3 Å². The molecule has 0 amide bonds. The standard InChI is InChI=1S/C15H23BrN2O/c1-2-5-17-12-15(3-6-19-7-4-15)9-13-8-14(16)11-18-10-13/h8,10-11,17H,2-7,9,12H2,1H3. The van der Waals surface area contributed by atoms with Crippen LogP contribution in [-0.2, 0) is 11.2 Å². The van der Waals surface area contributed by atoms with Gasteiger partial charge in [-0.15, -0.1) is 0 Å². The molecule has 0 aromatic carbocycles. The maximum atomic E-state index is 5.54. The Kier molecular flexibility index (Phi) is 5.79. The van der Waals surface area contributed by atoms with Gasteiger partial charge in [0.05, 0.1) is 0 Å². The van der Waals surface area contributed by atoms with E-state index in [2.05, 4.69) is 39.2 Å². The summed E-state index contributed by atoms with van der Waals surface area (Å²) in [6, 6.07) is 2.18. The van der Waals surface area contributed by atoms with Crippen LogP contribution in [0.25, 0.3) is 0 Å². The van der Waals surface area contributed by atoms with Crippen LogP contribution in [0.3, 0.4) is 0 Å². The monoisotopic (exact) mass is 326 g/mol. The number of aromatic nitrogens is 1. The average molecular weight is 327 g/mol. The second kappa shape index (κ2) is 7.36. The largest absolute Gasteiger partial charge is 0.381 e. The van der Waals surface area contributed by atoms with E-state index in [1.165, 1.54) is 12.0 Å². The first-order valence-corrected chi connectivity index (χ1v) is 7.91. The highest BCUT2D eigenvalue weighted by atomic mass is 79.9. The number of nitrogens with zero attached hydrogens (tertiary/aromatic N) is 1. The Morgan fingerprint density at radius 1 is 1.37 bits per heavy atom. The molecule has 0 spiro atoms. The third kappa shape index (κ3) is 4.55. The summed E-state index contributed by atoms with van der Waals surface area (Å²) < 4.78 is 6.60. The lowest BCUT2D eigenvalue weighted by molar-refractivity contribution is 0.0150. The highest BCUT2D eigenvalue weighted by Crippen LogP contribution is 2.34. The predicted molar refractivity (Wildman–Crippen MR) is 81.3 cm³/mol. The van der Waals surface area contributed by atoms with E-state index in [-0.39, 0.29) is 0 Å². The fourth-order valence-corrected chi connectivity index (χ4v) is 3.15. The first-order chi connectivity index (χ1) is 9.24. The molecule has 1 aromatic rings. The number of halogens is 1. The number of nitrogens with one attached hydrogen (secondary N) is 1. The van der Waals surface area contributed by atoms with E-state index in [9.17, 15) is 0 Å². The topological polar surface area (TPSA) is 34.2 Å². The Balaban J connectivity index is 2.04. The van der Waals surface area contributed by atoms with Crippen LogP contribution in [0.1, 0.15) is 31.7 Å². The molecule has 0 bridgehead atoms. The first-order valence-electron chi connectivity index (χ1n) is 7.12. The zero-order valence-electron chi connectivity index (χ0n) is 11.6. The average Bonchev–Trinajstić information content (AvgIpc) is 2.40. The fourth-order valence-electron chi connectivity index (χ4n) is 2.74. The summed E-state index contributed by atoms with van der Waals surface area (Å²) in [4.78, 5) is 4.28. The molecule has 0 atom stereocenters. The van der Waals surface area contributed by atoms with E-state index in [0.717, 1.165) is 50.0 Å². The van der Waals surface area contributed by atoms with Crippen molar-refractivity contribution in [1.29, 1.82) is 0 Å². The third-order valence-corrected chi connectivity index (χ3v) is 4.25. The predicted octanol–water partition coefficient (Wildman–Crippen LogP) is 3.18. The van der Waals surface area contributed by atoms with E-state index in [1.54, 1.807) is 0 Å². The first kappa shape index (κ1) is 14.9. The van der Waals surface area contributed by atoms with Crippen LogP contribution in [0.5, 0.6) is 0 Å². The zero-order valence-corrected chi connectivity index (χ0v) is 13.2. The van der Waals surface area contributed by atoms with Crippen molar-refractivity contribution in [3.8, 4) is 0 Å². The van der Waals surface area contributed by atoms with Gasteiger partial charge in [-0.1, -0.05) is 6.92 Å². The second-order valence-corrected chi connectivity index (χ2v) is 6.39. The van der Waals surface area contributed by atoms with E-state index >= 15 is 0 Å². The van der Waals surface area contributed by atoms with Crippen LogP contribution in [0, 0.1) is 5.41 Å². The number of ether oxygens (including phenoxy) is 1. The molecule has 1 aliphatic rings. The molecule has 2 heterocycles. The van der Waals surface area contributed by atoms with Gasteiger partial charge in [0.1, 0.15) is 0 Å². The fraction of sp³-hybridized carbons (Fsp3) is 0.667. The summed E-state index contributed by atoms with van der Waals surface area (Å²) in [5.41, 5.74) is 1.64. The van der Waals surface area contributed by atoms with Gasteiger partial charge in [-0.25, -0.2) is 0 Å². The third-order valence-electron chi connectivity index (χ3n) is 3.82. The van der Waals surface area contributed by atoms with Crippen LogP contribution in [0.4, 0.5) is 0 Å². The highest BCUT2D eigenvalue weighted by Gasteiger charge is 2.32. The lowest BCUT2D eigenvalue weighted by Gasteiger charge is -2.37. The van der Waals surface area contributed by atoms with E-state index in [0.29, 0.717) is 5.41 Å². The Hall–Kier alpha value is -0.450. The minimum absolute atomic E-state index is 0.329. The van der Waals surface area contributed by atoms with Crippen molar-refractivity contribution in [2.75, 3.05) is 26.3 Å². The van der Waals surface area contributed by atoms with Gasteiger partial charge in [0.25, 0.3) is 0 Å². The van der Waals surface area contributed by atoms with Crippen molar-refractivity contribution in [2.24, 2.45) is 5.41 Å². The molecule has 4 heteroatoms. The van der Waals surface area contributed by atoms with Gasteiger partial charge in [0.2, 0.25) is 0 Å². The molecule has 0 saturated carbocycles. The molecule has 19 heavy (non-hydrogen) atoms. The molecule has 1 N–H and O–H groups in total. The van der Waals surface area contributed by atoms with Crippen LogP contribution in [0.2, 0.25) is 0 Å².